The summed E-state index contributed by atoms with van der Waals surface area (Å²) in [5.74, 6) is -0.671. The number of aliphatic hydroxyl groups is 1. The van der Waals surface area contributed by atoms with Gasteiger partial charge in [-0.3, -0.25) is 37.3 Å². The number of rotatable bonds is 65. The number of phosphoric ester groups is 2. The Morgan fingerprint density at radius 1 is 0.318 bits per heavy atom. The molecule has 0 fully saturated rings. The summed E-state index contributed by atoms with van der Waals surface area (Å²) in [6.07, 6.45) is 41.8. The third kappa shape index (κ3) is 60.7. The minimum Gasteiger partial charge on any atom is -0.462 e. The zero-order valence-electron chi connectivity index (χ0n) is 54.9. The quantitative estimate of drug-likeness (QED) is 0.0222. The van der Waals surface area contributed by atoms with Crippen molar-refractivity contribution in [3.8, 4) is 0 Å². The largest absolute Gasteiger partial charge is 0.472 e. The van der Waals surface area contributed by atoms with Crippen molar-refractivity contribution in [3.05, 3.63) is 0 Å². The van der Waals surface area contributed by atoms with E-state index in [0.29, 0.717) is 31.6 Å². The standard InChI is InChI=1S/C66H128O17P2/c1-7-9-11-13-15-17-26-30-37-43-49-64(69)77-54-61(82-65(70)50-44-38-31-27-23-21-19-18-20-22-25-28-34-40-46-58(3)4)56-80-84(72,73)78-52-60(67)53-79-85(74,75)81-57-62(83-66(71)51-45-39-33-32-35-41-47-59(5)6)55-76-63(68)48-42-36-29-24-16-14-12-10-8-2/h58-62,67H,7-57H2,1-6H3,(H,72,73)(H,74,75)/t60-,61-,62-/m1/s1. The molecule has 0 aromatic heterocycles. The summed E-state index contributed by atoms with van der Waals surface area (Å²) in [6, 6.07) is 0. The van der Waals surface area contributed by atoms with Gasteiger partial charge in [0.2, 0.25) is 0 Å². The molecule has 0 aliphatic carbocycles. The van der Waals surface area contributed by atoms with Crippen LogP contribution in [0.2, 0.25) is 0 Å². The molecule has 19 heteroatoms. The third-order valence-electron chi connectivity index (χ3n) is 15.2. The number of hydrogen-bond donors (Lipinski definition) is 3. The summed E-state index contributed by atoms with van der Waals surface area (Å²) in [5.41, 5.74) is 0. The molecule has 0 aromatic carbocycles. The van der Waals surface area contributed by atoms with E-state index in [2.05, 4.69) is 41.5 Å². The average molecular weight is 1260 g/mol. The highest BCUT2D eigenvalue weighted by Gasteiger charge is 2.30. The maximum atomic E-state index is 13.0. The van der Waals surface area contributed by atoms with Crippen LogP contribution in [0.3, 0.4) is 0 Å². The minimum atomic E-state index is -4.95. The molecular formula is C66H128O17P2. The summed E-state index contributed by atoms with van der Waals surface area (Å²) >= 11 is 0. The minimum absolute atomic E-state index is 0.102. The van der Waals surface area contributed by atoms with Gasteiger partial charge in [-0.2, -0.15) is 0 Å². The molecule has 5 atom stereocenters. The summed E-state index contributed by atoms with van der Waals surface area (Å²) in [4.78, 5) is 72.2. The van der Waals surface area contributed by atoms with Crippen molar-refractivity contribution < 1.29 is 80.2 Å². The second-order valence-corrected chi connectivity index (χ2v) is 27.7. The Labute approximate surface area is 517 Å². The Kier molecular flexibility index (Phi) is 57.1. The van der Waals surface area contributed by atoms with E-state index in [0.717, 1.165) is 95.8 Å². The molecule has 0 aliphatic rings. The Morgan fingerprint density at radius 3 is 0.800 bits per heavy atom. The van der Waals surface area contributed by atoms with E-state index in [1.54, 1.807) is 0 Å². The van der Waals surface area contributed by atoms with Gasteiger partial charge in [-0.1, -0.05) is 279 Å². The SMILES string of the molecule is CCCCCCCCCCCCC(=O)OC[C@H](COP(=O)(O)OC[C@@H](O)COP(=O)(O)OC[C@@H](COC(=O)CCCCCCCCCCC)OC(=O)CCCCCCCCC(C)C)OC(=O)CCCCCCCCCCCCCCCCC(C)C. The zero-order chi connectivity index (χ0) is 62.9. The van der Waals surface area contributed by atoms with Gasteiger partial charge in [-0.15, -0.1) is 0 Å². The lowest BCUT2D eigenvalue weighted by molar-refractivity contribution is -0.161. The normalized spacial score (nSPS) is 14.2. The van der Waals surface area contributed by atoms with E-state index in [4.69, 9.17) is 37.0 Å². The van der Waals surface area contributed by atoms with Crippen molar-refractivity contribution in [2.45, 2.75) is 349 Å². The first-order chi connectivity index (χ1) is 40.9. The number of carbonyl (C=O) groups is 4. The van der Waals surface area contributed by atoms with Crippen molar-refractivity contribution in [2.24, 2.45) is 11.8 Å². The van der Waals surface area contributed by atoms with Crippen molar-refractivity contribution in [1.29, 1.82) is 0 Å². The molecule has 2 unspecified atom stereocenters. The van der Waals surface area contributed by atoms with Crippen LogP contribution >= 0.6 is 15.6 Å². The molecule has 17 nitrogen and oxygen atoms in total. The number of ether oxygens (including phenoxy) is 4. The Morgan fingerprint density at radius 2 is 0.541 bits per heavy atom. The predicted octanol–water partition coefficient (Wildman–Crippen LogP) is 18.4. The number of carbonyl (C=O) groups excluding carboxylic acids is 4. The van der Waals surface area contributed by atoms with Crippen LogP contribution in [-0.4, -0.2) is 96.7 Å². The highest BCUT2D eigenvalue weighted by atomic mass is 31.2. The van der Waals surface area contributed by atoms with Crippen LogP contribution in [0.4, 0.5) is 0 Å². The summed E-state index contributed by atoms with van der Waals surface area (Å²) in [7, 11) is -9.89. The van der Waals surface area contributed by atoms with Crippen LogP contribution in [0.5, 0.6) is 0 Å². The molecular weight excluding hydrogens is 1130 g/mol. The van der Waals surface area contributed by atoms with Crippen molar-refractivity contribution in [2.75, 3.05) is 39.6 Å². The van der Waals surface area contributed by atoms with E-state index in [9.17, 15) is 43.2 Å². The van der Waals surface area contributed by atoms with Crippen LogP contribution in [0, 0.1) is 11.8 Å². The van der Waals surface area contributed by atoms with Gasteiger partial charge in [0.25, 0.3) is 0 Å². The zero-order valence-corrected chi connectivity index (χ0v) is 56.7. The molecule has 0 radical (unpaired) electrons. The smallest absolute Gasteiger partial charge is 0.462 e. The molecule has 0 amide bonds. The fourth-order valence-electron chi connectivity index (χ4n) is 9.88. The molecule has 0 aromatic rings. The lowest BCUT2D eigenvalue weighted by Crippen LogP contribution is -2.30. The maximum Gasteiger partial charge on any atom is 0.472 e. The molecule has 3 N–H and O–H groups in total. The van der Waals surface area contributed by atoms with Crippen LogP contribution in [0.25, 0.3) is 0 Å². The van der Waals surface area contributed by atoms with Gasteiger partial charge in [0, 0.05) is 25.7 Å². The summed E-state index contributed by atoms with van der Waals surface area (Å²) in [6.45, 7) is 9.42. The second kappa shape index (κ2) is 58.4. The van der Waals surface area contributed by atoms with Crippen molar-refractivity contribution >= 4 is 39.5 Å². The molecule has 504 valence electrons. The first kappa shape index (κ1) is 83.1. The number of esters is 4. The molecule has 0 saturated carbocycles. The van der Waals surface area contributed by atoms with Gasteiger partial charge < -0.3 is 33.8 Å². The third-order valence-corrected chi connectivity index (χ3v) is 17.1. The highest BCUT2D eigenvalue weighted by Crippen LogP contribution is 2.45. The molecule has 0 heterocycles. The van der Waals surface area contributed by atoms with Crippen LogP contribution in [0.1, 0.15) is 330 Å². The highest BCUT2D eigenvalue weighted by molar-refractivity contribution is 7.47. The first-order valence-corrected chi connectivity index (χ1v) is 37.5. The number of hydrogen-bond acceptors (Lipinski definition) is 15. The van der Waals surface area contributed by atoms with E-state index >= 15 is 0 Å². The predicted molar refractivity (Wildman–Crippen MR) is 340 cm³/mol. The van der Waals surface area contributed by atoms with Gasteiger partial charge in [0.1, 0.15) is 19.3 Å². The van der Waals surface area contributed by atoms with Crippen molar-refractivity contribution in [3.63, 3.8) is 0 Å². The fourth-order valence-corrected chi connectivity index (χ4v) is 11.5. The number of phosphoric acid groups is 2. The van der Waals surface area contributed by atoms with E-state index in [1.165, 1.54) is 148 Å². The van der Waals surface area contributed by atoms with Gasteiger partial charge in [-0.25, -0.2) is 9.13 Å². The average Bonchev–Trinajstić information content (AvgIpc) is 3.57. The number of unbranched alkanes of at least 4 members (excludes halogenated alkanes) is 35. The van der Waals surface area contributed by atoms with Gasteiger partial charge in [0.05, 0.1) is 26.4 Å². The molecule has 0 aliphatic heterocycles. The Hall–Kier alpha value is -1.94. The number of aliphatic hydroxyl groups excluding tert-OH is 1. The van der Waals surface area contributed by atoms with E-state index in [-0.39, 0.29) is 25.7 Å². The first-order valence-electron chi connectivity index (χ1n) is 34.5. The van der Waals surface area contributed by atoms with Crippen LogP contribution < -0.4 is 0 Å². The second-order valence-electron chi connectivity index (χ2n) is 24.8. The van der Waals surface area contributed by atoms with E-state index < -0.39 is 97.5 Å². The molecule has 0 saturated heterocycles. The van der Waals surface area contributed by atoms with Gasteiger partial charge in [-0.05, 0) is 37.5 Å². The Balaban J connectivity index is 5.19. The van der Waals surface area contributed by atoms with Crippen LogP contribution in [0.15, 0.2) is 0 Å². The van der Waals surface area contributed by atoms with Crippen LogP contribution in [-0.2, 0) is 65.4 Å². The lowest BCUT2D eigenvalue weighted by Gasteiger charge is -2.21. The fraction of sp³-hybridized carbons (Fsp3) is 0.939. The van der Waals surface area contributed by atoms with Gasteiger partial charge >= 0.3 is 39.5 Å². The lowest BCUT2D eigenvalue weighted by atomic mass is 10.0. The topological polar surface area (TPSA) is 237 Å². The molecule has 0 spiro atoms. The summed E-state index contributed by atoms with van der Waals surface area (Å²) in [5, 5.41) is 10.5. The molecule has 85 heavy (non-hydrogen) atoms. The maximum absolute atomic E-state index is 13.0. The summed E-state index contributed by atoms with van der Waals surface area (Å²) < 4.78 is 68.0. The van der Waals surface area contributed by atoms with Crippen molar-refractivity contribution in [1.82, 2.24) is 0 Å². The Bertz CT molecular complexity index is 1670. The molecule has 0 bridgehead atoms. The van der Waals surface area contributed by atoms with Gasteiger partial charge in [0.15, 0.2) is 12.2 Å². The van der Waals surface area contributed by atoms with E-state index in [1.807, 2.05) is 0 Å². The molecule has 0 rings (SSSR count). The monoisotopic (exact) mass is 1250 g/mol.